The Morgan fingerprint density at radius 1 is 1.29 bits per heavy atom. The summed E-state index contributed by atoms with van der Waals surface area (Å²) >= 11 is 0. The third-order valence-electron chi connectivity index (χ3n) is 3.10. The Kier molecular flexibility index (Phi) is 3.94. The molecule has 2 rings (SSSR count). The van der Waals surface area contributed by atoms with Crippen molar-refractivity contribution >= 4 is 0 Å². The molecule has 0 fully saturated rings. The van der Waals surface area contributed by atoms with Crippen molar-refractivity contribution in [3.05, 3.63) is 48.0 Å². The van der Waals surface area contributed by atoms with E-state index in [0.29, 0.717) is 19.6 Å². The number of rotatable bonds is 5. The van der Waals surface area contributed by atoms with Crippen molar-refractivity contribution < 1.29 is 14.9 Å². The lowest BCUT2D eigenvalue weighted by atomic mass is 9.89. The van der Waals surface area contributed by atoms with Crippen LogP contribution in [0.1, 0.15) is 12.0 Å². The first-order chi connectivity index (χ1) is 8.24. The molecule has 0 saturated heterocycles. The van der Waals surface area contributed by atoms with Gasteiger partial charge in [0.1, 0.15) is 0 Å². The molecule has 1 aliphatic rings. The first kappa shape index (κ1) is 12.3. The standard InChI is InChI=1S/C14H18O3/c15-10-14(7-6-13(16)8-14)11-17-9-12-4-2-1-3-5-12/h1-7,13,15-16H,8-11H2/t13-,14-/m0/s1. The zero-order valence-corrected chi connectivity index (χ0v) is 9.75. The van der Waals surface area contributed by atoms with Gasteiger partial charge in [0.25, 0.3) is 0 Å². The maximum absolute atomic E-state index is 9.46. The minimum Gasteiger partial charge on any atom is -0.395 e. The Morgan fingerprint density at radius 3 is 2.65 bits per heavy atom. The Balaban J connectivity index is 1.84. The van der Waals surface area contributed by atoms with Crippen molar-refractivity contribution in [3.8, 4) is 0 Å². The fraction of sp³-hybridized carbons (Fsp3) is 0.429. The summed E-state index contributed by atoms with van der Waals surface area (Å²) in [5, 5.41) is 18.8. The molecule has 0 radical (unpaired) electrons. The molecule has 92 valence electrons. The molecule has 0 unspecified atom stereocenters. The SMILES string of the molecule is OC[C@]1(COCc2ccccc2)C=C[C@H](O)C1. The first-order valence-electron chi connectivity index (χ1n) is 5.84. The van der Waals surface area contributed by atoms with Crippen LogP contribution in [-0.4, -0.2) is 29.5 Å². The van der Waals surface area contributed by atoms with Crippen molar-refractivity contribution in [2.75, 3.05) is 13.2 Å². The van der Waals surface area contributed by atoms with Crippen molar-refractivity contribution in [2.45, 2.75) is 19.1 Å². The molecule has 1 aromatic rings. The Morgan fingerprint density at radius 2 is 2.06 bits per heavy atom. The average Bonchev–Trinajstić information content (AvgIpc) is 2.73. The van der Waals surface area contributed by atoms with Crippen LogP contribution in [0, 0.1) is 5.41 Å². The van der Waals surface area contributed by atoms with Gasteiger partial charge in [0.05, 0.1) is 25.9 Å². The molecule has 0 spiro atoms. The van der Waals surface area contributed by atoms with Crippen LogP contribution in [0.4, 0.5) is 0 Å². The van der Waals surface area contributed by atoms with Gasteiger partial charge in [0, 0.05) is 5.41 Å². The van der Waals surface area contributed by atoms with Gasteiger partial charge >= 0.3 is 0 Å². The number of aliphatic hydroxyl groups excluding tert-OH is 2. The van der Waals surface area contributed by atoms with Gasteiger partial charge in [-0.1, -0.05) is 42.5 Å². The van der Waals surface area contributed by atoms with Crippen LogP contribution in [0.25, 0.3) is 0 Å². The molecule has 0 heterocycles. The molecule has 1 aromatic carbocycles. The third-order valence-corrected chi connectivity index (χ3v) is 3.10. The fourth-order valence-corrected chi connectivity index (χ4v) is 2.08. The molecule has 0 aromatic heterocycles. The van der Waals surface area contributed by atoms with Crippen LogP contribution in [0.2, 0.25) is 0 Å². The van der Waals surface area contributed by atoms with Crippen molar-refractivity contribution in [1.82, 2.24) is 0 Å². The number of ether oxygens (including phenoxy) is 1. The van der Waals surface area contributed by atoms with E-state index in [-0.39, 0.29) is 6.61 Å². The van der Waals surface area contributed by atoms with Crippen LogP contribution in [0.3, 0.4) is 0 Å². The summed E-state index contributed by atoms with van der Waals surface area (Å²) < 4.78 is 5.62. The van der Waals surface area contributed by atoms with Gasteiger partial charge in [-0.15, -0.1) is 0 Å². The molecular formula is C14H18O3. The predicted octanol–water partition coefficient (Wildman–Crippen LogP) is 1.50. The van der Waals surface area contributed by atoms with Gasteiger partial charge in [-0.25, -0.2) is 0 Å². The van der Waals surface area contributed by atoms with Crippen molar-refractivity contribution in [3.63, 3.8) is 0 Å². The summed E-state index contributed by atoms with van der Waals surface area (Å²) in [6.07, 6.45) is 3.67. The zero-order valence-electron chi connectivity index (χ0n) is 9.75. The molecule has 0 bridgehead atoms. The summed E-state index contributed by atoms with van der Waals surface area (Å²) in [5.74, 6) is 0. The van der Waals surface area contributed by atoms with E-state index in [1.165, 1.54) is 0 Å². The molecule has 17 heavy (non-hydrogen) atoms. The fourth-order valence-electron chi connectivity index (χ4n) is 2.08. The Labute approximate surface area is 101 Å². The van der Waals surface area contributed by atoms with Gasteiger partial charge < -0.3 is 14.9 Å². The van der Waals surface area contributed by atoms with E-state index in [1.54, 1.807) is 6.08 Å². The highest BCUT2D eigenvalue weighted by atomic mass is 16.5. The topological polar surface area (TPSA) is 49.7 Å². The maximum atomic E-state index is 9.46. The van der Waals surface area contributed by atoms with Gasteiger partial charge in [0.2, 0.25) is 0 Å². The Hall–Kier alpha value is -1.16. The van der Waals surface area contributed by atoms with Gasteiger partial charge in [0.15, 0.2) is 0 Å². The van der Waals surface area contributed by atoms with Gasteiger partial charge in [-0.05, 0) is 12.0 Å². The van der Waals surface area contributed by atoms with E-state index < -0.39 is 11.5 Å². The van der Waals surface area contributed by atoms with E-state index in [0.717, 1.165) is 5.56 Å². The summed E-state index contributed by atoms with van der Waals surface area (Å²) in [6, 6.07) is 9.92. The minimum atomic E-state index is -0.456. The lowest BCUT2D eigenvalue weighted by molar-refractivity contribution is 0.0127. The third kappa shape index (κ3) is 3.16. The number of hydrogen-bond donors (Lipinski definition) is 2. The van der Waals surface area contributed by atoms with Crippen LogP contribution in [0.15, 0.2) is 42.5 Å². The molecule has 0 amide bonds. The molecule has 0 aliphatic heterocycles. The summed E-state index contributed by atoms with van der Waals surface area (Å²) in [6.45, 7) is 0.980. The second-order valence-corrected chi connectivity index (χ2v) is 4.63. The van der Waals surface area contributed by atoms with E-state index >= 15 is 0 Å². The average molecular weight is 234 g/mol. The monoisotopic (exact) mass is 234 g/mol. The highest BCUT2D eigenvalue weighted by Crippen LogP contribution is 2.32. The summed E-state index contributed by atoms with van der Waals surface area (Å²) in [4.78, 5) is 0. The second-order valence-electron chi connectivity index (χ2n) is 4.63. The van der Waals surface area contributed by atoms with E-state index in [2.05, 4.69) is 0 Å². The largest absolute Gasteiger partial charge is 0.395 e. The van der Waals surface area contributed by atoms with E-state index in [9.17, 15) is 10.2 Å². The lowest BCUT2D eigenvalue weighted by Gasteiger charge is -2.25. The van der Waals surface area contributed by atoms with E-state index in [4.69, 9.17) is 4.74 Å². The van der Waals surface area contributed by atoms with Crippen molar-refractivity contribution in [2.24, 2.45) is 5.41 Å². The molecule has 3 nitrogen and oxygen atoms in total. The molecule has 3 heteroatoms. The van der Waals surface area contributed by atoms with Gasteiger partial charge in [-0.3, -0.25) is 0 Å². The Bertz CT molecular complexity index is 374. The highest BCUT2D eigenvalue weighted by molar-refractivity contribution is 5.14. The number of benzene rings is 1. The molecule has 2 N–H and O–H groups in total. The summed E-state index contributed by atoms with van der Waals surface area (Å²) in [5.41, 5.74) is 0.705. The number of hydrogen-bond acceptors (Lipinski definition) is 3. The van der Waals surface area contributed by atoms with Crippen LogP contribution in [-0.2, 0) is 11.3 Å². The smallest absolute Gasteiger partial charge is 0.0731 e. The molecule has 1 aliphatic carbocycles. The highest BCUT2D eigenvalue weighted by Gasteiger charge is 2.33. The second kappa shape index (κ2) is 5.45. The van der Waals surface area contributed by atoms with Crippen LogP contribution < -0.4 is 0 Å². The first-order valence-corrected chi connectivity index (χ1v) is 5.84. The maximum Gasteiger partial charge on any atom is 0.0731 e. The predicted molar refractivity (Wildman–Crippen MR) is 65.4 cm³/mol. The minimum absolute atomic E-state index is 0.00928. The lowest BCUT2D eigenvalue weighted by Crippen LogP contribution is -2.28. The molecule has 2 atom stereocenters. The van der Waals surface area contributed by atoms with Crippen LogP contribution in [0.5, 0.6) is 0 Å². The zero-order chi connectivity index (χ0) is 12.1. The van der Waals surface area contributed by atoms with Gasteiger partial charge in [-0.2, -0.15) is 0 Å². The van der Waals surface area contributed by atoms with Crippen molar-refractivity contribution in [1.29, 1.82) is 0 Å². The molecule has 0 saturated carbocycles. The molecular weight excluding hydrogens is 216 g/mol. The summed E-state index contributed by atoms with van der Waals surface area (Å²) in [7, 11) is 0. The van der Waals surface area contributed by atoms with E-state index in [1.807, 2.05) is 36.4 Å². The van der Waals surface area contributed by atoms with Crippen LogP contribution >= 0.6 is 0 Å². The normalized spacial score (nSPS) is 27.5. The quantitative estimate of drug-likeness (QED) is 0.759. The number of aliphatic hydroxyl groups is 2.